The Morgan fingerprint density at radius 3 is 2.52 bits per heavy atom. The zero-order valence-electron chi connectivity index (χ0n) is 15.8. The van der Waals surface area contributed by atoms with E-state index in [9.17, 15) is 14.9 Å². The lowest BCUT2D eigenvalue weighted by Crippen LogP contribution is -2.27. The van der Waals surface area contributed by atoms with Crippen molar-refractivity contribution < 1.29 is 19.2 Å². The van der Waals surface area contributed by atoms with Crippen LogP contribution in [0, 0.1) is 10.1 Å². The number of hydrogen-bond acceptors (Lipinski definition) is 7. The summed E-state index contributed by atoms with van der Waals surface area (Å²) < 4.78 is 10.1. The van der Waals surface area contributed by atoms with E-state index in [0.29, 0.717) is 12.2 Å². The second-order valence-corrected chi connectivity index (χ2v) is 6.08. The molecule has 144 valence electrons. The highest BCUT2D eigenvalue weighted by Crippen LogP contribution is 2.29. The van der Waals surface area contributed by atoms with E-state index >= 15 is 0 Å². The quantitative estimate of drug-likeness (QED) is 0.432. The third-order valence-electron chi connectivity index (χ3n) is 4.22. The third kappa shape index (κ3) is 4.73. The lowest BCUT2D eigenvalue weighted by Gasteiger charge is -2.27. The molecule has 1 atom stereocenters. The van der Waals surface area contributed by atoms with Gasteiger partial charge in [-0.1, -0.05) is 18.2 Å². The first-order chi connectivity index (χ1) is 12.9. The molecule has 2 aromatic rings. The first kappa shape index (κ1) is 20.2. The number of ether oxygens (including phenoxy) is 2. The third-order valence-corrected chi connectivity index (χ3v) is 4.22. The highest BCUT2D eigenvalue weighted by Gasteiger charge is 2.22. The van der Waals surface area contributed by atoms with Gasteiger partial charge in [0.25, 0.3) is 5.69 Å². The van der Waals surface area contributed by atoms with Crippen LogP contribution in [0.3, 0.4) is 0 Å². The number of anilines is 1. The molecule has 0 heterocycles. The van der Waals surface area contributed by atoms with Crippen LogP contribution in [0.2, 0.25) is 0 Å². The number of nitrogens with one attached hydrogen (secondary N) is 1. The van der Waals surface area contributed by atoms with Crippen molar-refractivity contribution >= 4 is 17.3 Å². The Bertz CT molecular complexity index is 823. The van der Waals surface area contributed by atoms with E-state index in [4.69, 9.17) is 4.74 Å². The molecule has 8 nitrogen and oxygen atoms in total. The topological polar surface area (TPSA) is 93.9 Å². The molecular formula is C19H23N3O5. The molecule has 0 aliphatic heterocycles. The van der Waals surface area contributed by atoms with Crippen molar-refractivity contribution in [3.05, 3.63) is 63.7 Å². The van der Waals surface area contributed by atoms with Gasteiger partial charge in [-0.05, 0) is 32.3 Å². The van der Waals surface area contributed by atoms with Crippen molar-refractivity contribution in [3.8, 4) is 5.75 Å². The summed E-state index contributed by atoms with van der Waals surface area (Å²) in [6.45, 7) is 0.506. The van der Waals surface area contributed by atoms with Crippen LogP contribution in [0.1, 0.15) is 22.0 Å². The minimum atomic E-state index is -0.751. The molecule has 1 unspecified atom stereocenters. The molecule has 0 aliphatic rings. The lowest BCUT2D eigenvalue weighted by atomic mass is 10.0. The smallest absolute Gasteiger partial charge is 0.344 e. The molecule has 1 N–H and O–H groups in total. The zero-order chi connectivity index (χ0) is 20.0. The number of methoxy groups -OCH3 is 2. The van der Waals surface area contributed by atoms with E-state index in [1.54, 1.807) is 13.2 Å². The number of likely N-dealkylation sites (N-methyl/N-ethyl adjacent to an activating group) is 1. The zero-order valence-corrected chi connectivity index (χ0v) is 15.8. The normalized spacial score (nSPS) is 11.7. The van der Waals surface area contributed by atoms with E-state index in [0.717, 1.165) is 11.3 Å². The molecule has 0 saturated carbocycles. The average Bonchev–Trinajstić information content (AvgIpc) is 2.67. The first-order valence-corrected chi connectivity index (χ1v) is 8.29. The van der Waals surface area contributed by atoms with Crippen molar-refractivity contribution in [1.29, 1.82) is 0 Å². The molecule has 27 heavy (non-hydrogen) atoms. The summed E-state index contributed by atoms with van der Waals surface area (Å²) in [4.78, 5) is 24.4. The second-order valence-electron chi connectivity index (χ2n) is 6.08. The molecule has 0 radical (unpaired) electrons. The van der Waals surface area contributed by atoms with Gasteiger partial charge in [0, 0.05) is 23.9 Å². The number of nitro benzene ring substituents is 1. The summed E-state index contributed by atoms with van der Waals surface area (Å²) in [6.07, 6.45) is 0. The summed E-state index contributed by atoms with van der Waals surface area (Å²) in [7, 11) is 6.72. The Hall–Kier alpha value is -3.13. The fraction of sp³-hybridized carbons (Fsp3) is 0.316. The number of carbonyl (C=O) groups is 1. The van der Waals surface area contributed by atoms with Crippen LogP contribution in [0.25, 0.3) is 0 Å². The molecule has 8 heteroatoms. The first-order valence-electron chi connectivity index (χ1n) is 8.29. The minimum Gasteiger partial charge on any atom is -0.496 e. The van der Waals surface area contributed by atoms with Crippen molar-refractivity contribution in [2.24, 2.45) is 0 Å². The molecule has 0 fully saturated rings. The van der Waals surface area contributed by atoms with Crippen molar-refractivity contribution in [3.63, 3.8) is 0 Å². The Labute approximate surface area is 157 Å². The van der Waals surface area contributed by atoms with Crippen LogP contribution < -0.4 is 10.1 Å². The van der Waals surface area contributed by atoms with Crippen molar-refractivity contribution in [2.45, 2.75) is 6.04 Å². The summed E-state index contributed by atoms with van der Waals surface area (Å²) in [5.74, 6) is 0.0242. The van der Waals surface area contributed by atoms with Crippen molar-refractivity contribution in [1.82, 2.24) is 4.90 Å². The van der Waals surface area contributed by atoms with Gasteiger partial charge in [0.1, 0.15) is 11.3 Å². The molecule has 2 rings (SSSR count). The van der Waals surface area contributed by atoms with Crippen LogP contribution in [0.4, 0.5) is 11.4 Å². The molecule has 0 saturated heterocycles. The van der Waals surface area contributed by atoms with Crippen LogP contribution in [-0.4, -0.2) is 50.7 Å². The maximum atomic E-state index is 11.9. The maximum Gasteiger partial charge on any atom is 0.344 e. The number of carbonyl (C=O) groups excluding carboxylic acids is 1. The summed E-state index contributed by atoms with van der Waals surface area (Å²) in [5.41, 5.74) is 1.21. The number of nitro groups is 1. The fourth-order valence-electron chi connectivity index (χ4n) is 2.81. The summed E-state index contributed by atoms with van der Waals surface area (Å²) in [5, 5.41) is 14.4. The molecule has 2 aromatic carbocycles. The number of para-hydroxylation sites is 1. The number of hydrogen-bond donors (Lipinski definition) is 1. The molecule has 0 aromatic heterocycles. The van der Waals surface area contributed by atoms with Crippen molar-refractivity contribution in [2.75, 3.05) is 40.2 Å². The molecule has 0 spiro atoms. The monoisotopic (exact) mass is 373 g/mol. The van der Waals surface area contributed by atoms with Crippen LogP contribution in [-0.2, 0) is 4.74 Å². The number of rotatable bonds is 8. The van der Waals surface area contributed by atoms with Gasteiger partial charge in [0.15, 0.2) is 0 Å². The van der Waals surface area contributed by atoms with E-state index in [2.05, 4.69) is 10.1 Å². The van der Waals surface area contributed by atoms with Gasteiger partial charge in [-0.15, -0.1) is 0 Å². The van der Waals surface area contributed by atoms with Crippen LogP contribution in [0.15, 0.2) is 42.5 Å². The fourth-order valence-corrected chi connectivity index (χ4v) is 2.81. The summed E-state index contributed by atoms with van der Waals surface area (Å²) in [6, 6.07) is 12.0. The average molecular weight is 373 g/mol. The second kappa shape index (κ2) is 9.00. The van der Waals surface area contributed by atoms with Gasteiger partial charge in [0.2, 0.25) is 0 Å². The standard InChI is InChI=1S/C19H23N3O5/c1-21(2)17(14-7-5-6-8-18(14)26-3)12-20-13-9-10-16(22(24)25)15(11-13)19(23)27-4/h5-11,17,20H,12H2,1-4H3. The van der Waals surface area contributed by atoms with E-state index in [-0.39, 0.29) is 17.3 Å². The largest absolute Gasteiger partial charge is 0.496 e. The number of esters is 1. The van der Waals surface area contributed by atoms with E-state index in [1.165, 1.54) is 19.2 Å². The van der Waals surface area contributed by atoms with Gasteiger partial charge in [-0.25, -0.2) is 4.79 Å². The SMILES string of the molecule is COC(=O)c1cc(NCC(c2ccccc2OC)N(C)C)ccc1[N+](=O)[O-]. The number of benzene rings is 2. The van der Waals surface area contributed by atoms with E-state index < -0.39 is 10.9 Å². The highest BCUT2D eigenvalue weighted by atomic mass is 16.6. The molecular weight excluding hydrogens is 350 g/mol. The van der Waals surface area contributed by atoms with Gasteiger partial charge in [-0.2, -0.15) is 0 Å². The predicted molar refractivity (Wildman–Crippen MR) is 102 cm³/mol. The minimum absolute atomic E-state index is 0.0158. The lowest BCUT2D eigenvalue weighted by molar-refractivity contribution is -0.385. The predicted octanol–water partition coefficient (Wildman–Crippen LogP) is 3.10. The highest BCUT2D eigenvalue weighted by molar-refractivity contribution is 5.95. The Morgan fingerprint density at radius 2 is 1.93 bits per heavy atom. The van der Waals surface area contributed by atoms with Crippen LogP contribution >= 0.6 is 0 Å². The molecule has 0 amide bonds. The number of nitrogens with zero attached hydrogens (tertiary/aromatic N) is 2. The Morgan fingerprint density at radius 1 is 1.22 bits per heavy atom. The van der Waals surface area contributed by atoms with Gasteiger partial charge >= 0.3 is 5.97 Å². The molecule has 0 bridgehead atoms. The van der Waals surface area contributed by atoms with Gasteiger partial charge < -0.3 is 19.7 Å². The molecule has 0 aliphatic carbocycles. The van der Waals surface area contributed by atoms with Crippen LogP contribution in [0.5, 0.6) is 5.75 Å². The van der Waals surface area contributed by atoms with Gasteiger partial charge in [0.05, 0.1) is 25.2 Å². The van der Waals surface area contributed by atoms with Gasteiger partial charge in [-0.3, -0.25) is 10.1 Å². The maximum absolute atomic E-state index is 11.9. The van der Waals surface area contributed by atoms with E-state index in [1.807, 2.05) is 43.3 Å². The Balaban J connectivity index is 2.27. The Kier molecular flexibility index (Phi) is 6.73. The summed E-state index contributed by atoms with van der Waals surface area (Å²) >= 11 is 0.